The predicted molar refractivity (Wildman–Crippen MR) is 169 cm³/mol. The van der Waals surface area contributed by atoms with Crippen molar-refractivity contribution in [3.05, 3.63) is 109 Å². The highest BCUT2D eigenvalue weighted by molar-refractivity contribution is 6.09. The number of benzene rings is 4. The SMILES string of the molecule is CN1CCN(c2ccc(C(=O)Nc3ccc(Nc4cc(-c5cccc6c5oc5ccccc56)ncn4)cc3)cc2)CC1. The van der Waals surface area contributed by atoms with E-state index in [1.807, 2.05) is 84.9 Å². The maximum Gasteiger partial charge on any atom is 0.255 e. The van der Waals surface area contributed by atoms with E-state index in [1.54, 1.807) is 6.33 Å². The summed E-state index contributed by atoms with van der Waals surface area (Å²) in [6.45, 7) is 4.08. The number of hydrogen-bond donors (Lipinski definition) is 2. The van der Waals surface area contributed by atoms with Gasteiger partial charge in [-0.05, 0) is 67.7 Å². The van der Waals surface area contributed by atoms with Gasteiger partial charge in [-0.15, -0.1) is 0 Å². The third-order valence-electron chi connectivity index (χ3n) is 7.76. The van der Waals surface area contributed by atoms with Gasteiger partial charge in [-0.3, -0.25) is 4.79 Å². The molecule has 1 fully saturated rings. The number of amides is 1. The molecule has 8 nitrogen and oxygen atoms in total. The van der Waals surface area contributed by atoms with Gasteiger partial charge in [0.25, 0.3) is 5.91 Å². The number of nitrogens with zero attached hydrogens (tertiary/aromatic N) is 4. The molecule has 0 spiro atoms. The molecule has 4 aromatic carbocycles. The zero-order valence-electron chi connectivity index (χ0n) is 23.2. The second-order valence-corrected chi connectivity index (χ2v) is 10.6. The number of hydrogen-bond acceptors (Lipinski definition) is 7. The fourth-order valence-corrected chi connectivity index (χ4v) is 5.40. The van der Waals surface area contributed by atoms with Crippen molar-refractivity contribution >= 4 is 50.7 Å². The number of aromatic nitrogens is 2. The smallest absolute Gasteiger partial charge is 0.255 e. The van der Waals surface area contributed by atoms with Crippen molar-refractivity contribution in [1.29, 1.82) is 0 Å². The van der Waals surface area contributed by atoms with Gasteiger partial charge < -0.3 is 24.9 Å². The van der Waals surface area contributed by atoms with Crippen molar-refractivity contribution in [2.24, 2.45) is 0 Å². The van der Waals surface area contributed by atoms with Gasteiger partial charge in [-0.1, -0.05) is 30.3 Å². The summed E-state index contributed by atoms with van der Waals surface area (Å²) in [5.41, 5.74) is 6.66. The number of piperazine rings is 1. The first-order chi connectivity index (χ1) is 20.6. The fraction of sp³-hybridized carbons (Fsp3) is 0.147. The van der Waals surface area contributed by atoms with E-state index in [1.165, 1.54) is 0 Å². The Morgan fingerprint density at radius 2 is 1.52 bits per heavy atom. The second-order valence-electron chi connectivity index (χ2n) is 10.6. The van der Waals surface area contributed by atoms with Gasteiger partial charge in [0, 0.05) is 71.2 Å². The largest absolute Gasteiger partial charge is 0.455 e. The molecule has 1 saturated heterocycles. The van der Waals surface area contributed by atoms with Crippen molar-refractivity contribution in [2.45, 2.75) is 0 Å². The molecule has 3 heterocycles. The minimum atomic E-state index is -0.138. The van der Waals surface area contributed by atoms with E-state index in [4.69, 9.17) is 4.42 Å². The molecule has 0 bridgehead atoms. The molecular weight excluding hydrogens is 524 g/mol. The van der Waals surface area contributed by atoms with Gasteiger partial charge in [0.1, 0.15) is 23.3 Å². The number of likely N-dealkylation sites (N-methyl/N-ethyl adjacent to an activating group) is 1. The average molecular weight is 555 g/mol. The summed E-state index contributed by atoms with van der Waals surface area (Å²) >= 11 is 0. The molecule has 1 aliphatic rings. The first-order valence-corrected chi connectivity index (χ1v) is 14.1. The number of para-hydroxylation sites is 2. The lowest BCUT2D eigenvalue weighted by atomic mass is 10.1. The summed E-state index contributed by atoms with van der Waals surface area (Å²) in [6.07, 6.45) is 1.54. The number of furan rings is 1. The van der Waals surface area contributed by atoms with Crippen LogP contribution in [0, 0.1) is 0 Å². The first-order valence-electron chi connectivity index (χ1n) is 14.1. The van der Waals surface area contributed by atoms with Crippen LogP contribution in [0.3, 0.4) is 0 Å². The second kappa shape index (κ2) is 11.0. The van der Waals surface area contributed by atoms with Crippen LogP contribution in [0.2, 0.25) is 0 Å². The molecule has 0 atom stereocenters. The van der Waals surface area contributed by atoms with Gasteiger partial charge >= 0.3 is 0 Å². The molecule has 0 unspecified atom stereocenters. The number of carbonyl (C=O) groups is 1. The fourth-order valence-electron chi connectivity index (χ4n) is 5.40. The van der Waals surface area contributed by atoms with Crippen molar-refractivity contribution in [3.8, 4) is 11.3 Å². The topological polar surface area (TPSA) is 86.5 Å². The zero-order chi connectivity index (χ0) is 28.5. The molecule has 1 amide bonds. The minimum absolute atomic E-state index is 0.138. The Hall–Kier alpha value is -5.21. The molecule has 0 radical (unpaired) electrons. The summed E-state index contributed by atoms with van der Waals surface area (Å²) in [4.78, 5) is 26.5. The highest BCUT2D eigenvalue weighted by atomic mass is 16.3. The highest BCUT2D eigenvalue weighted by Gasteiger charge is 2.16. The maximum absolute atomic E-state index is 12.9. The molecule has 208 valence electrons. The maximum atomic E-state index is 12.9. The molecule has 8 heteroatoms. The van der Waals surface area contributed by atoms with Gasteiger partial charge in [0.2, 0.25) is 0 Å². The van der Waals surface area contributed by atoms with Crippen LogP contribution in [0.1, 0.15) is 10.4 Å². The molecule has 7 rings (SSSR count). The van der Waals surface area contributed by atoms with Gasteiger partial charge in [0.05, 0.1) is 5.69 Å². The van der Waals surface area contributed by atoms with E-state index in [0.29, 0.717) is 17.1 Å². The standard InChI is InChI=1S/C34H30N6O2/c1-39-17-19-40(20-18-39)26-15-9-23(10-16-26)34(41)38-25-13-11-24(12-14-25)37-32-21-30(35-22-36-32)29-7-4-6-28-27-5-2-3-8-31(27)42-33(28)29/h2-16,21-22H,17-20H2,1H3,(H,38,41)(H,35,36,37). The van der Waals surface area contributed by atoms with Crippen LogP contribution in [-0.4, -0.2) is 54.0 Å². The van der Waals surface area contributed by atoms with Crippen molar-refractivity contribution in [1.82, 2.24) is 14.9 Å². The predicted octanol–water partition coefficient (Wildman–Crippen LogP) is 6.79. The summed E-state index contributed by atoms with van der Waals surface area (Å²) < 4.78 is 6.19. The molecule has 2 N–H and O–H groups in total. The van der Waals surface area contributed by atoms with E-state index in [-0.39, 0.29) is 5.91 Å². The molecule has 42 heavy (non-hydrogen) atoms. The Balaban J connectivity index is 1.03. The van der Waals surface area contributed by atoms with E-state index in [9.17, 15) is 4.79 Å². The van der Waals surface area contributed by atoms with E-state index < -0.39 is 0 Å². The zero-order valence-corrected chi connectivity index (χ0v) is 23.2. The number of fused-ring (bicyclic) bond motifs is 3. The van der Waals surface area contributed by atoms with Crippen LogP contribution in [0.5, 0.6) is 0 Å². The number of nitrogens with one attached hydrogen (secondary N) is 2. The minimum Gasteiger partial charge on any atom is -0.455 e. The van der Waals surface area contributed by atoms with Crippen molar-refractivity contribution < 1.29 is 9.21 Å². The number of carbonyl (C=O) groups excluding carboxylic acids is 1. The Kier molecular flexibility index (Phi) is 6.73. The molecule has 0 saturated carbocycles. The van der Waals surface area contributed by atoms with E-state index in [0.717, 1.165) is 70.7 Å². The molecule has 2 aromatic heterocycles. The van der Waals surface area contributed by atoms with Gasteiger partial charge in [-0.25, -0.2) is 9.97 Å². The third kappa shape index (κ3) is 5.15. The quantitative estimate of drug-likeness (QED) is 0.234. The lowest BCUT2D eigenvalue weighted by Crippen LogP contribution is -2.44. The van der Waals surface area contributed by atoms with Crippen LogP contribution in [0.4, 0.5) is 22.9 Å². The summed E-state index contributed by atoms with van der Waals surface area (Å²) in [7, 11) is 2.14. The summed E-state index contributed by atoms with van der Waals surface area (Å²) in [5.74, 6) is 0.520. The van der Waals surface area contributed by atoms with Crippen molar-refractivity contribution in [2.75, 3.05) is 48.8 Å². The average Bonchev–Trinajstić information content (AvgIpc) is 3.42. The Bertz CT molecular complexity index is 1870. The van der Waals surface area contributed by atoms with Gasteiger partial charge in [-0.2, -0.15) is 0 Å². The lowest BCUT2D eigenvalue weighted by molar-refractivity contribution is 0.102. The Morgan fingerprint density at radius 3 is 2.33 bits per heavy atom. The van der Waals surface area contributed by atoms with Crippen molar-refractivity contribution in [3.63, 3.8) is 0 Å². The molecule has 1 aliphatic heterocycles. The summed E-state index contributed by atoms with van der Waals surface area (Å²) in [6, 6.07) is 31.4. The summed E-state index contributed by atoms with van der Waals surface area (Å²) in [5, 5.41) is 8.46. The van der Waals surface area contributed by atoms with Gasteiger partial charge in [0.15, 0.2) is 0 Å². The molecular formula is C34H30N6O2. The Labute approximate surface area is 243 Å². The molecule has 6 aromatic rings. The van der Waals surface area contributed by atoms with Crippen LogP contribution in [0.15, 0.2) is 108 Å². The highest BCUT2D eigenvalue weighted by Crippen LogP contribution is 2.35. The molecule has 0 aliphatic carbocycles. The van der Waals surface area contributed by atoms with E-state index in [2.05, 4.69) is 49.6 Å². The monoisotopic (exact) mass is 554 g/mol. The Morgan fingerprint density at radius 1 is 0.786 bits per heavy atom. The normalized spacial score (nSPS) is 13.9. The first kappa shape index (κ1) is 25.7. The number of anilines is 4. The van der Waals surface area contributed by atoms with Crippen LogP contribution < -0.4 is 15.5 Å². The lowest BCUT2D eigenvalue weighted by Gasteiger charge is -2.34. The number of rotatable bonds is 6. The third-order valence-corrected chi connectivity index (χ3v) is 7.76. The van der Waals surface area contributed by atoms with Crippen LogP contribution in [-0.2, 0) is 0 Å². The van der Waals surface area contributed by atoms with E-state index >= 15 is 0 Å². The van der Waals surface area contributed by atoms with Crippen LogP contribution >= 0.6 is 0 Å². The van der Waals surface area contributed by atoms with Crippen LogP contribution in [0.25, 0.3) is 33.2 Å².